The van der Waals surface area contributed by atoms with Gasteiger partial charge in [0.2, 0.25) is 5.91 Å². The molecule has 2 aromatic rings. The lowest BCUT2D eigenvalue weighted by molar-refractivity contribution is -0.122. The van der Waals surface area contributed by atoms with Crippen LogP contribution in [0.3, 0.4) is 0 Å². The van der Waals surface area contributed by atoms with Crippen molar-refractivity contribution in [3.05, 3.63) is 71.8 Å². The highest BCUT2D eigenvalue weighted by Crippen LogP contribution is 2.23. The number of rotatable bonds is 7. The maximum Gasteiger partial charge on any atom is 0.236 e. The second-order valence-electron chi connectivity index (χ2n) is 6.36. The molecule has 122 valence electrons. The molecule has 0 aliphatic heterocycles. The van der Waals surface area contributed by atoms with Crippen molar-refractivity contribution >= 4 is 5.91 Å². The molecule has 0 spiro atoms. The van der Waals surface area contributed by atoms with Crippen LogP contribution in [0.2, 0.25) is 0 Å². The third-order valence-corrected chi connectivity index (χ3v) is 3.95. The van der Waals surface area contributed by atoms with Gasteiger partial charge in [-0.25, -0.2) is 0 Å². The van der Waals surface area contributed by atoms with Crippen LogP contribution in [0.5, 0.6) is 0 Å². The first-order chi connectivity index (χ1) is 11.1. The number of carbonyl (C=O) groups is 1. The van der Waals surface area contributed by atoms with Crippen molar-refractivity contribution < 1.29 is 4.79 Å². The van der Waals surface area contributed by atoms with Gasteiger partial charge in [0.15, 0.2) is 0 Å². The summed E-state index contributed by atoms with van der Waals surface area (Å²) >= 11 is 0. The highest BCUT2D eigenvalue weighted by Gasteiger charge is 2.18. The van der Waals surface area contributed by atoms with Gasteiger partial charge in [-0.3, -0.25) is 4.79 Å². The number of nitrogens with two attached hydrogens (primary N) is 1. The van der Waals surface area contributed by atoms with Gasteiger partial charge >= 0.3 is 0 Å². The molecule has 0 aliphatic carbocycles. The number of hydrogen-bond acceptors (Lipinski definition) is 2. The van der Waals surface area contributed by atoms with Crippen LogP contribution in [0.4, 0.5) is 0 Å². The normalized spacial score (nSPS) is 12.4. The Morgan fingerprint density at radius 2 is 1.43 bits per heavy atom. The lowest BCUT2D eigenvalue weighted by Crippen LogP contribution is -2.42. The Balaban J connectivity index is 2.09. The molecule has 3 N–H and O–H groups in total. The van der Waals surface area contributed by atoms with E-state index in [0.29, 0.717) is 18.9 Å². The van der Waals surface area contributed by atoms with E-state index >= 15 is 0 Å². The topological polar surface area (TPSA) is 55.1 Å². The number of benzene rings is 2. The fourth-order valence-corrected chi connectivity index (χ4v) is 2.75. The molecule has 3 nitrogen and oxygen atoms in total. The Hall–Kier alpha value is -2.13. The molecule has 0 unspecified atom stereocenters. The zero-order valence-electron chi connectivity index (χ0n) is 13.9. The molecule has 0 aromatic heterocycles. The van der Waals surface area contributed by atoms with E-state index in [9.17, 15) is 4.79 Å². The zero-order chi connectivity index (χ0) is 16.7. The first kappa shape index (κ1) is 17.2. The van der Waals surface area contributed by atoms with Crippen molar-refractivity contribution in [2.75, 3.05) is 6.54 Å². The molecule has 0 aliphatic rings. The minimum atomic E-state index is -0.442. The van der Waals surface area contributed by atoms with E-state index in [1.807, 2.05) is 36.4 Å². The van der Waals surface area contributed by atoms with Crippen molar-refractivity contribution in [2.45, 2.75) is 32.2 Å². The molecule has 3 heteroatoms. The predicted octanol–water partition coefficient (Wildman–Crippen LogP) is 3.31. The summed E-state index contributed by atoms with van der Waals surface area (Å²) in [7, 11) is 0. The predicted molar refractivity (Wildman–Crippen MR) is 95.2 cm³/mol. The number of carbonyl (C=O) groups excluding carboxylic acids is 1. The molecule has 1 amide bonds. The van der Waals surface area contributed by atoms with Crippen LogP contribution >= 0.6 is 0 Å². The summed E-state index contributed by atoms with van der Waals surface area (Å²) in [5.41, 5.74) is 8.35. The fourth-order valence-electron chi connectivity index (χ4n) is 2.75. The van der Waals surface area contributed by atoms with Crippen LogP contribution in [0, 0.1) is 5.92 Å². The molecular weight excluding hydrogens is 284 g/mol. The number of hydrogen-bond donors (Lipinski definition) is 2. The Labute approximate surface area is 138 Å². The third kappa shape index (κ3) is 5.22. The SMILES string of the molecule is CC(C)C[C@H](N)C(=O)NCC(c1ccccc1)c1ccccc1. The number of amides is 1. The maximum atomic E-state index is 12.2. The molecule has 0 fully saturated rings. The van der Waals surface area contributed by atoms with E-state index < -0.39 is 6.04 Å². The van der Waals surface area contributed by atoms with Crippen molar-refractivity contribution in [1.82, 2.24) is 5.32 Å². The van der Waals surface area contributed by atoms with Crippen molar-refractivity contribution in [2.24, 2.45) is 11.7 Å². The average Bonchev–Trinajstić information content (AvgIpc) is 2.56. The van der Waals surface area contributed by atoms with Gasteiger partial charge in [-0.2, -0.15) is 0 Å². The molecule has 23 heavy (non-hydrogen) atoms. The van der Waals surface area contributed by atoms with Crippen LogP contribution < -0.4 is 11.1 Å². The van der Waals surface area contributed by atoms with Crippen LogP contribution in [0.15, 0.2) is 60.7 Å². The minimum absolute atomic E-state index is 0.0736. The van der Waals surface area contributed by atoms with Crippen LogP contribution in [0.25, 0.3) is 0 Å². The van der Waals surface area contributed by atoms with E-state index in [2.05, 4.69) is 43.4 Å². The minimum Gasteiger partial charge on any atom is -0.354 e. The van der Waals surface area contributed by atoms with Gasteiger partial charge in [-0.05, 0) is 23.5 Å². The van der Waals surface area contributed by atoms with E-state index in [4.69, 9.17) is 5.73 Å². The van der Waals surface area contributed by atoms with E-state index in [1.54, 1.807) is 0 Å². The quantitative estimate of drug-likeness (QED) is 0.824. The monoisotopic (exact) mass is 310 g/mol. The first-order valence-corrected chi connectivity index (χ1v) is 8.21. The Morgan fingerprint density at radius 1 is 0.957 bits per heavy atom. The van der Waals surface area contributed by atoms with Crippen molar-refractivity contribution in [3.63, 3.8) is 0 Å². The lowest BCUT2D eigenvalue weighted by Gasteiger charge is -2.21. The summed E-state index contributed by atoms with van der Waals surface area (Å²) < 4.78 is 0. The third-order valence-electron chi connectivity index (χ3n) is 3.95. The van der Waals surface area contributed by atoms with Gasteiger partial charge in [0.05, 0.1) is 6.04 Å². The summed E-state index contributed by atoms with van der Waals surface area (Å²) in [5.74, 6) is 0.470. The van der Waals surface area contributed by atoms with E-state index in [1.165, 1.54) is 11.1 Å². The molecule has 0 heterocycles. The molecule has 0 bridgehead atoms. The van der Waals surface area contributed by atoms with Crippen molar-refractivity contribution in [1.29, 1.82) is 0 Å². The van der Waals surface area contributed by atoms with Crippen LogP contribution in [-0.2, 0) is 4.79 Å². The van der Waals surface area contributed by atoms with Crippen LogP contribution in [-0.4, -0.2) is 18.5 Å². The van der Waals surface area contributed by atoms with Gasteiger partial charge in [-0.15, -0.1) is 0 Å². The zero-order valence-corrected chi connectivity index (χ0v) is 13.9. The highest BCUT2D eigenvalue weighted by molar-refractivity contribution is 5.81. The average molecular weight is 310 g/mol. The standard InChI is InChI=1S/C20H26N2O/c1-15(2)13-19(21)20(23)22-14-18(16-9-5-3-6-10-16)17-11-7-4-8-12-17/h3-12,15,18-19H,13-14,21H2,1-2H3,(H,22,23)/t19-/m0/s1. The Bertz CT molecular complexity index is 556. The largest absolute Gasteiger partial charge is 0.354 e. The van der Waals surface area contributed by atoms with Gasteiger partial charge in [0.1, 0.15) is 0 Å². The van der Waals surface area contributed by atoms with Crippen LogP contribution in [0.1, 0.15) is 37.3 Å². The second kappa shape index (κ2) is 8.49. The summed E-state index contributed by atoms with van der Waals surface area (Å²) in [6, 6.07) is 20.0. The summed E-state index contributed by atoms with van der Waals surface area (Å²) in [5, 5.41) is 3.02. The fraction of sp³-hybridized carbons (Fsp3) is 0.350. The van der Waals surface area contributed by atoms with E-state index in [0.717, 1.165) is 0 Å². The molecule has 0 radical (unpaired) electrons. The molecular formula is C20H26N2O. The van der Waals surface area contributed by atoms with Gasteiger partial charge in [0.25, 0.3) is 0 Å². The lowest BCUT2D eigenvalue weighted by atomic mass is 9.91. The second-order valence-corrected chi connectivity index (χ2v) is 6.36. The number of nitrogens with one attached hydrogen (secondary N) is 1. The highest BCUT2D eigenvalue weighted by atomic mass is 16.2. The van der Waals surface area contributed by atoms with Gasteiger partial charge in [0, 0.05) is 12.5 Å². The van der Waals surface area contributed by atoms with Crippen molar-refractivity contribution in [3.8, 4) is 0 Å². The first-order valence-electron chi connectivity index (χ1n) is 8.21. The molecule has 2 aromatic carbocycles. The maximum absolute atomic E-state index is 12.2. The van der Waals surface area contributed by atoms with Gasteiger partial charge < -0.3 is 11.1 Å². The van der Waals surface area contributed by atoms with E-state index in [-0.39, 0.29) is 11.8 Å². The molecule has 2 rings (SSSR count). The summed E-state index contributed by atoms with van der Waals surface area (Å²) in [4.78, 5) is 12.2. The molecule has 0 saturated heterocycles. The molecule has 1 atom stereocenters. The Kier molecular flexibility index (Phi) is 6.36. The van der Waals surface area contributed by atoms with Gasteiger partial charge in [-0.1, -0.05) is 74.5 Å². The summed E-state index contributed by atoms with van der Waals surface area (Å²) in [6.07, 6.45) is 0.702. The summed E-state index contributed by atoms with van der Waals surface area (Å²) in [6.45, 7) is 4.70. The molecule has 0 saturated carbocycles. The Morgan fingerprint density at radius 3 is 1.87 bits per heavy atom. The smallest absolute Gasteiger partial charge is 0.236 e.